The van der Waals surface area contributed by atoms with Crippen LogP contribution >= 0.6 is 0 Å². The van der Waals surface area contributed by atoms with Gasteiger partial charge in [0, 0.05) is 0 Å². The Balaban J connectivity index is -0.0000000520. The molecule has 0 N–H and O–H groups in total. The summed E-state index contributed by atoms with van der Waals surface area (Å²) >= 11 is 0. The van der Waals surface area contributed by atoms with Crippen molar-refractivity contribution >= 4 is 0 Å². The van der Waals surface area contributed by atoms with Gasteiger partial charge in [-0.2, -0.15) is 0 Å². The summed E-state index contributed by atoms with van der Waals surface area (Å²) in [6, 6.07) is 0. The van der Waals surface area contributed by atoms with Crippen molar-refractivity contribution in [1.82, 2.24) is 0 Å². The first kappa shape index (κ1) is 41.8. The van der Waals surface area contributed by atoms with E-state index >= 15 is 0 Å². The average molecular weight is 401 g/mol. The zero-order chi connectivity index (χ0) is 25.2. The van der Waals surface area contributed by atoms with Gasteiger partial charge in [0.2, 0.25) is 0 Å². The van der Waals surface area contributed by atoms with Gasteiger partial charge in [-0.05, 0) is 49.4 Å². The summed E-state index contributed by atoms with van der Waals surface area (Å²) in [6.07, 6.45) is 0. The zero-order valence-electron chi connectivity index (χ0n) is 24.4. The minimum atomic E-state index is 0.500. The molecule has 0 heteroatoms. The van der Waals surface area contributed by atoms with Crippen LogP contribution in [0.5, 0.6) is 0 Å². The quantitative estimate of drug-likeness (QED) is 0.354. The fourth-order valence-corrected chi connectivity index (χ4v) is 0. The van der Waals surface area contributed by atoms with E-state index in [2.05, 4.69) is 124 Å². The largest absolute Gasteiger partial charge is 0.100 e. The standard InChI is InChI=1S/4C5H12.2C4H8/c4*1-5(2,3)4;2*1-4(2)3/h4*1-4H3;2*1H2,2-3H3. The fraction of sp³-hybridized carbons (Fsp3) is 0.857. The fourth-order valence-electron chi connectivity index (χ4n) is 0. The number of rotatable bonds is 0. The van der Waals surface area contributed by atoms with Gasteiger partial charge >= 0.3 is 0 Å². The van der Waals surface area contributed by atoms with E-state index in [4.69, 9.17) is 0 Å². The Hall–Kier alpha value is -0.520. The van der Waals surface area contributed by atoms with Crippen molar-refractivity contribution in [2.75, 3.05) is 0 Å². The smallest absolute Gasteiger partial charge is 0.0411 e. The molecule has 0 amide bonds. The third-order valence-electron chi connectivity index (χ3n) is 0. The van der Waals surface area contributed by atoms with Gasteiger partial charge in [-0.25, -0.2) is 0 Å². The lowest BCUT2D eigenvalue weighted by molar-refractivity contribution is 0.469. The summed E-state index contributed by atoms with van der Waals surface area (Å²) < 4.78 is 0. The molecular formula is C28H64. The Morgan fingerprint density at radius 2 is 0.321 bits per heavy atom. The second-order valence-corrected chi connectivity index (χ2v) is 14.4. The molecule has 0 spiro atoms. The first-order chi connectivity index (χ1) is 11.5. The van der Waals surface area contributed by atoms with Crippen LogP contribution < -0.4 is 0 Å². The van der Waals surface area contributed by atoms with Crippen LogP contribution in [0, 0.1) is 21.7 Å². The minimum absolute atomic E-state index is 0.500. The van der Waals surface area contributed by atoms with Crippen LogP contribution in [-0.4, -0.2) is 0 Å². The third-order valence-corrected chi connectivity index (χ3v) is 0. The molecule has 0 aliphatic heterocycles. The Morgan fingerprint density at radius 1 is 0.321 bits per heavy atom. The maximum atomic E-state index is 3.56. The lowest BCUT2D eigenvalue weighted by Crippen LogP contribution is -1.93. The Morgan fingerprint density at radius 3 is 0.321 bits per heavy atom. The predicted molar refractivity (Wildman–Crippen MR) is 141 cm³/mol. The molecule has 176 valence electrons. The lowest BCUT2D eigenvalue weighted by atomic mass is 10.0. The molecule has 0 aromatic carbocycles. The van der Waals surface area contributed by atoms with Gasteiger partial charge in [0.25, 0.3) is 0 Å². The molecule has 0 aliphatic rings. The van der Waals surface area contributed by atoms with E-state index in [1.54, 1.807) is 0 Å². The summed E-state index contributed by atoms with van der Waals surface area (Å²) in [5.74, 6) is 0. The van der Waals surface area contributed by atoms with E-state index in [0.29, 0.717) is 21.7 Å². The van der Waals surface area contributed by atoms with Crippen LogP contribution in [0.25, 0.3) is 0 Å². The molecule has 28 heavy (non-hydrogen) atoms. The van der Waals surface area contributed by atoms with Crippen molar-refractivity contribution in [3.8, 4) is 0 Å². The monoisotopic (exact) mass is 401 g/mol. The maximum Gasteiger partial charge on any atom is -0.0411 e. The topological polar surface area (TPSA) is 0 Å². The molecule has 0 rings (SSSR count). The van der Waals surface area contributed by atoms with Gasteiger partial charge < -0.3 is 0 Å². The highest BCUT2D eigenvalue weighted by molar-refractivity contribution is 4.79. The molecule has 0 saturated heterocycles. The number of allylic oxidation sites excluding steroid dienone is 2. The zero-order valence-corrected chi connectivity index (χ0v) is 24.4. The summed E-state index contributed by atoms with van der Waals surface area (Å²) in [6.45, 7) is 50.0. The molecule has 0 radical (unpaired) electrons. The van der Waals surface area contributed by atoms with E-state index in [9.17, 15) is 0 Å². The second kappa shape index (κ2) is 19.8. The summed E-state index contributed by atoms with van der Waals surface area (Å²) in [5, 5.41) is 0. The highest BCUT2D eigenvalue weighted by Gasteiger charge is 1.96. The minimum Gasteiger partial charge on any atom is -0.100 e. The molecule has 0 heterocycles. The Kier molecular flexibility index (Phi) is 29.5. The lowest BCUT2D eigenvalue weighted by Gasteiger charge is -2.05. The van der Waals surface area contributed by atoms with Crippen molar-refractivity contribution in [3.63, 3.8) is 0 Å². The van der Waals surface area contributed by atoms with Gasteiger partial charge in [-0.1, -0.05) is 122 Å². The van der Waals surface area contributed by atoms with Gasteiger partial charge in [0.15, 0.2) is 0 Å². The summed E-state index contributed by atoms with van der Waals surface area (Å²) in [4.78, 5) is 0. The summed E-state index contributed by atoms with van der Waals surface area (Å²) in [5.41, 5.74) is 4.33. The Bertz CT molecular complexity index is 234. The first-order valence-corrected chi connectivity index (χ1v) is 10.7. The highest BCUT2D eigenvalue weighted by atomic mass is 14.0. The van der Waals surface area contributed by atoms with Crippen LogP contribution in [0.3, 0.4) is 0 Å². The first-order valence-electron chi connectivity index (χ1n) is 10.7. The number of hydrogen-bond acceptors (Lipinski definition) is 0. The van der Waals surface area contributed by atoms with Crippen molar-refractivity contribution in [1.29, 1.82) is 0 Å². The molecular weight excluding hydrogens is 336 g/mol. The highest BCUT2D eigenvalue weighted by Crippen LogP contribution is 2.09. The molecule has 0 saturated carbocycles. The average Bonchev–Trinajstić information content (AvgIpc) is 1.99. The third kappa shape index (κ3) is 56500. The molecule has 0 aromatic heterocycles. The molecule has 0 aliphatic carbocycles. The molecule has 0 atom stereocenters. The molecule has 0 nitrogen and oxygen atoms in total. The second-order valence-electron chi connectivity index (χ2n) is 14.4. The van der Waals surface area contributed by atoms with E-state index in [1.807, 2.05) is 27.7 Å². The SMILES string of the molecule is C=C(C)C.C=C(C)C.CC(C)(C)C.CC(C)(C)C.CC(C)(C)C.CC(C)(C)C. The predicted octanol–water partition coefficient (Wildman–Crippen LogP) is 11.4. The molecule has 0 aromatic rings. The molecule has 0 unspecified atom stereocenters. The summed E-state index contributed by atoms with van der Waals surface area (Å²) in [7, 11) is 0. The van der Waals surface area contributed by atoms with Crippen LogP contribution in [0.2, 0.25) is 0 Å². The van der Waals surface area contributed by atoms with E-state index in [0.717, 1.165) is 0 Å². The molecule has 0 fully saturated rings. The van der Waals surface area contributed by atoms with Crippen molar-refractivity contribution in [2.24, 2.45) is 21.7 Å². The van der Waals surface area contributed by atoms with Crippen LogP contribution in [-0.2, 0) is 0 Å². The molecule has 0 bridgehead atoms. The van der Waals surface area contributed by atoms with Crippen molar-refractivity contribution in [3.05, 3.63) is 24.3 Å². The maximum absolute atomic E-state index is 3.56. The van der Waals surface area contributed by atoms with Gasteiger partial charge in [0.05, 0.1) is 0 Å². The Labute approximate surface area is 184 Å². The normalized spacial score (nSPS) is 10.4. The van der Waals surface area contributed by atoms with E-state index in [1.165, 1.54) is 11.1 Å². The van der Waals surface area contributed by atoms with E-state index in [-0.39, 0.29) is 0 Å². The van der Waals surface area contributed by atoms with Crippen molar-refractivity contribution < 1.29 is 0 Å². The van der Waals surface area contributed by atoms with E-state index < -0.39 is 0 Å². The van der Waals surface area contributed by atoms with Gasteiger partial charge in [-0.3, -0.25) is 0 Å². The van der Waals surface area contributed by atoms with Crippen molar-refractivity contribution in [2.45, 2.75) is 138 Å². The number of hydrogen-bond donors (Lipinski definition) is 0. The van der Waals surface area contributed by atoms with Crippen LogP contribution in [0.4, 0.5) is 0 Å². The van der Waals surface area contributed by atoms with Gasteiger partial charge in [0.1, 0.15) is 0 Å². The van der Waals surface area contributed by atoms with Crippen LogP contribution in [0.1, 0.15) is 138 Å². The van der Waals surface area contributed by atoms with Gasteiger partial charge in [-0.15, -0.1) is 13.2 Å². The van der Waals surface area contributed by atoms with Crippen LogP contribution in [0.15, 0.2) is 24.3 Å².